The molecule has 0 bridgehead atoms. The Hall–Kier alpha value is -0.780. The molecule has 0 amide bonds. The van der Waals surface area contributed by atoms with Gasteiger partial charge >= 0.3 is 0 Å². The fourth-order valence-corrected chi connectivity index (χ4v) is 3.80. The zero-order valence-electron chi connectivity index (χ0n) is 12.5. The molecule has 5 heteroatoms. The molecule has 1 N–H and O–H groups in total. The van der Waals surface area contributed by atoms with Crippen molar-refractivity contribution in [3.63, 3.8) is 0 Å². The first-order valence-corrected chi connectivity index (χ1v) is 8.60. The van der Waals surface area contributed by atoms with Crippen molar-refractivity contribution in [2.24, 2.45) is 0 Å². The summed E-state index contributed by atoms with van der Waals surface area (Å²) in [5.41, 5.74) is 1.23. The van der Waals surface area contributed by atoms with Crippen LogP contribution in [0, 0.1) is 0 Å². The highest BCUT2D eigenvalue weighted by atomic mass is 79.9. The molecule has 3 rings (SSSR count). The predicted octanol–water partition coefficient (Wildman–Crippen LogP) is 2.79. The van der Waals surface area contributed by atoms with E-state index in [4.69, 9.17) is 9.47 Å². The summed E-state index contributed by atoms with van der Waals surface area (Å²) in [4.78, 5) is 2.56. The van der Waals surface area contributed by atoms with E-state index in [2.05, 4.69) is 45.2 Å². The lowest BCUT2D eigenvalue weighted by Gasteiger charge is -2.23. The second-order valence-corrected chi connectivity index (χ2v) is 6.51. The molecule has 21 heavy (non-hydrogen) atoms. The molecule has 2 aliphatic heterocycles. The smallest absolute Gasteiger partial charge is 0.175 e. The van der Waals surface area contributed by atoms with Gasteiger partial charge in [-0.2, -0.15) is 0 Å². The van der Waals surface area contributed by atoms with E-state index in [0.29, 0.717) is 19.3 Å². The van der Waals surface area contributed by atoms with Gasteiger partial charge in [-0.1, -0.05) is 6.92 Å². The Kier molecular flexibility index (Phi) is 5.03. The van der Waals surface area contributed by atoms with Crippen molar-refractivity contribution in [1.82, 2.24) is 10.2 Å². The van der Waals surface area contributed by atoms with Gasteiger partial charge in [0.15, 0.2) is 11.5 Å². The molecule has 1 fully saturated rings. The van der Waals surface area contributed by atoms with E-state index in [1.165, 1.54) is 24.9 Å². The SMILES string of the molecule is CCN1CCCC1CNCc1cc(Br)c2c(c1)OCCO2. The quantitative estimate of drug-likeness (QED) is 0.881. The Bertz CT molecular complexity index is 495. The summed E-state index contributed by atoms with van der Waals surface area (Å²) in [6.07, 6.45) is 2.64. The molecule has 1 saturated heterocycles. The van der Waals surface area contributed by atoms with Gasteiger partial charge < -0.3 is 14.8 Å². The standard InChI is InChI=1S/C16H23BrN2O2/c1-2-19-5-3-4-13(19)11-18-10-12-8-14(17)16-15(9-12)20-6-7-21-16/h8-9,13,18H,2-7,10-11H2,1H3. The topological polar surface area (TPSA) is 33.7 Å². The summed E-state index contributed by atoms with van der Waals surface area (Å²) < 4.78 is 12.3. The van der Waals surface area contributed by atoms with Crippen LogP contribution in [0.5, 0.6) is 11.5 Å². The van der Waals surface area contributed by atoms with Gasteiger partial charge in [-0.05, 0) is 59.6 Å². The third-order valence-corrected chi connectivity index (χ3v) is 4.86. The van der Waals surface area contributed by atoms with Gasteiger partial charge in [0.1, 0.15) is 13.2 Å². The van der Waals surface area contributed by atoms with Gasteiger partial charge in [0.2, 0.25) is 0 Å². The molecule has 2 heterocycles. The Labute approximate surface area is 134 Å². The number of fused-ring (bicyclic) bond motifs is 1. The maximum Gasteiger partial charge on any atom is 0.175 e. The molecule has 0 aliphatic carbocycles. The van der Waals surface area contributed by atoms with Crippen molar-refractivity contribution in [2.75, 3.05) is 32.8 Å². The third kappa shape index (κ3) is 3.52. The van der Waals surface area contributed by atoms with Crippen LogP contribution in [0.25, 0.3) is 0 Å². The molecule has 0 radical (unpaired) electrons. The minimum Gasteiger partial charge on any atom is -0.486 e. The minimum absolute atomic E-state index is 0.623. The molecule has 1 aromatic carbocycles. The average molecular weight is 355 g/mol. The van der Waals surface area contributed by atoms with Crippen LogP contribution in [0.15, 0.2) is 16.6 Å². The van der Waals surface area contributed by atoms with Gasteiger partial charge in [-0.15, -0.1) is 0 Å². The van der Waals surface area contributed by atoms with Gasteiger partial charge in [-0.25, -0.2) is 0 Å². The highest BCUT2D eigenvalue weighted by Crippen LogP contribution is 2.38. The summed E-state index contributed by atoms with van der Waals surface area (Å²) >= 11 is 3.57. The van der Waals surface area contributed by atoms with E-state index in [1.54, 1.807) is 0 Å². The van der Waals surface area contributed by atoms with Crippen LogP contribution >= 0.6 is 15.9 Å². The average Bonchev–Trinajstić information content (AvgIpc) is 2.95. The number of nitrogens with zero attached hydrogens (tertiary/aromatic N) is 1. The van der Waals surface area contributed by atoms with E-state index >= 15 is 0 Å². The summed E-state index contributed by atoms with van der Waals surface area (Å²) in [6, 6.07) is 4.89. The summed E-state index contributed by atoms with van der Waals surface area (Å²) in [5, 5.41) is 3.58. The number of likely N-dealkylation sites (tertiary alicyclic amines) is 1. The van der Waals surface area contributed by atoms with Crippen LogP contribution in [0.1, 0.15) is 25.3 Å². The first-order chi connectivity index (χ1) is 10.3. The Morgan fingerprint density at radius 1 is 1.33 bits per heavy atom. The lowest BCUT2D eigenvalue weighted by atomic mass is 10.1. The molecular formula is C16H23BrN2O2. The van der Waals surface area contributed by atoms with Crippen LogP contribution in [0.2, 0.25) is 0 Å². The number of halogens is 1. The van der Waals surface area contributed by atoms with Crippen LogP contribution in [0.4, 0.5) is 0 Å². The summed E-state index contributed by atoms with van der Waals surface area (Å²) in [5.74, 6) is 1.68. The number of likely N-dealkylation sites (N-methyl/N-ethyl adjacent to an activating group) is 1. The Morgan fingerprint density at radius 3 is 3.05 bits per heavy atom. The number of ether oxygens (including phenoxy) is 2. The van der Waals surface area contributed by atoms with E-state index in [-0.39, 0.29) is 0 Å². The first-order valence-electron chi connectivity index (χ1n) is 7.80. The molecule has 0 aromatic heterocycles. The molecule has 0 saturated carbocycles. The van der Waals surface area contributed by atoms with Crippen LogP contribution in [0.3, 0.4) is 0 Å². The highest BCUT2D eigenvalue weighted by molar-refractivity contribution is 9.10. The van der Waals surface area contributed by atoms with Crippen molar-refractivity contribution in [2.45, 2.75) is 32.4 Å². The van der Waals surface area contributed by atoms with E-state index < -0.39 is 0 Å². The summed E-state index contributed by atoms with van der Waals surface area (Å²) in [7, 11) is 0. The van der Waals surface area contributed by atoms with Gasteiger partial charge in [0.05, 0.1) is 4.47 Å². The monoisotopic (exact) mass is 354 g/mol. The second-order valence-electron chi connectivity index (χ2n) is 5.66. The van der Waals surface area contributed by atoms with Crippen molar-refractivity contribution in [1.29, 1.82) is 0 Å². The van der Waals surface area contributed by atoms with Gasteiger partial charge in [0.25, 0.3) is 0 Å². The van der Waals surface area contributed by atoms with E-state index in [9.17, 15) is 0 Å². The molecular weight excluding hydrogens is 332 g/mol. The molecule has 2 aliphatic rings. The first kappa shape index (κ1) is 15.1. The normalized spacial score (nSPS) is 21.7. The lowest BCUT2D eigenvalue weighted by molar-refractivity contribution is 0.170. The maximum atomic E-state index is 5.67. The van der Waals surface area contributed by atoms with E-state index in [0.717, 1.165) is 35.6 Å². The predicted molar refractivity (Wildman–Crippen MR) is 87.1 cm³/mol. The van der Waals surface area contributed by atoms with E-state index in [1.807, 2.05) is 0 Å². The van der Waals surface area contributed by atoms with Gasteiger partial charge in [0, 0.05) is 19.1 Å². The largest absolute Gasteiger partial charge is 0.486 e. The van der Waals surface area contributed by atoms with Crippen molar-refractivity contribution in [3.05, 3.63) is 22.2 Å². The zero-order chi connectivity index (χ0) is 14.7. The van der Waals surface area contributed by atoms with Crippen LogP contribution < -0.4 is 14.8 Å². The fraction of sp³-hybridized carbons (Fsp3) is 0.625. The van der Waals surface area contributed by atoms with Crippen LogP contribution in [-0.2, 0) is 6.54 Å². The number of hydrogen-bond donors (Lipinski definition) is 1. The number of benzene rings is 1. The molecule has 1 aromatic rings. The van der Waals surface area contributed by atoms with Crippen molar-refractivity contribution < 1.29 is 9.47 Å². The number of hydrogen-bond acceptors (Lipinski definition) is 4. The second kappa shape index (κ2) is 6.99. The molecule has 116 valence electrons. The lowest BCUT2D eigenvalue weighted by Crippen LogP contribution is -2.37. The van der Waals surface area contributed by atoms with Crippen molar-refractivity contribution in [3.8, 4) is 11.5 Å². The fourth-order valence-electron chi connectivity index (χ4n) is 3.19. The van der Waals surface area contributed by atoms with Crippen molar-refractivity contribution >= 4 is 15.9 Å². The minimum atomic E-state index is 0.623. The Morgan fingerprint density at radius 2 is 2.19 bits per heavy atom. The molecule has 1 atom stereocenters. The third-order valence-electron chi connectivity index (χ3n) is 4.27. The van der Waals surface area contributed by atoms with Crippen LogP contribution in [-0.4, -0.2) is 43.8 Å². The molecule has 0 spiro atoms. The maximum absolute atomic E-state index is 5.67. The summed E-state index contributed by atoms with van der Waals surface area (Å²) in [6.45, 7) is 7.82. The zero-order valence-corrected chi connectivity index (χ0v) is 14.1. The number of nitrogens with one attached hydrogen (secondary N) is 1. The Balaban J connectivity index is 1.57. The highest BCUT2D eigenvalue weighted by Gasteiger charge is 2.22. The number of rotatable bonds is 5. The van der Waals surface area contributed by atoms with Gasteiger partial charge in [-0.3, -0.25) is 4.90 Å². The molecule has 4 nitrogen and oxygen atoms in total. The molecule has 1 unspecified atom stereocenters.